The lowest BCUT2D eigenvalue weighted by molar-refractivity contribution is 0.348. The molecule has 0 aliphatic heterocycles. The van der Waals surface area contributed by atoms with Gasteiger partial charge in [-0.05, 0) is 25.5 Å². The number of benzene rings is 1. The van der Waals surface area contributed by atoms with Crippen LogP contribution in [0.25, 0.3) is 0 Å². The van der Waals surface area contributed by atoms with Gasteiger partial charge < -0.3 is 0 Å². The van der Waals surface area contributed by atoms with Crippen molar-refractivity contribution in [3.63, 3.8) is 0 Å². The molecule has 14 heavy (non-hydrogen) atoms. The number of alkyl halides is 1. The predicted molar refractivity (Wildman–Crippen MR) is 58.9 cm³/mol. The molecule has 4 heteroatoms. The summed E-state index contributed by atoms with van der Waals surface area (Å²) in [5.41, 5.74) is 1.14. The van der Waals surface area contributed by atoms with Gasteiger partial charge in [-0.1, -0.05) is 17.7 Å². The molecule has 78 valence electrons. The summed E-state index contributed by atoms with van der Waals surface area (Å²) in [6, 6.07) is 7.45. The number of halogens is 1. The Bertz CT molecular complexity index is 297. The van der Waals surface area contributed by atoms with Crippen LogP contribution in [-0.2, 0) is 15.3 Å². The fourth-order valence-corrected chi connectivity index (χ4v) is 1.78. The number of hydrogen-bond donors (Lipinski definition) is 0. The Balaban J connectivity index is 2.48. The maximum absolute atomic E-state index is 11.5. The first-order chi connectivity index (χ1) is 6.74. The van der Waals surface area contributed by atoms with E-state index < -0.39 is 11.1 Å². The lowest BCUT2D eigenvalue weighted by Crippen LogP contribution is -2.00. The molecule has 0 bridgehead atoms. The highest BCUT2D eigenvalue weighted by Crippen LogP contribution is 2.09. The second-order valence-corrected chi connectivity index (χ2v) is 4.47. The maximum atomic E-state index is 11.5. The van der Waals surface area contributed by atoms with E-state index in [9.17, 15) is 4.21 Å². The van der Waals surface area contributed by atoms with Crippen LogP contribution in [0.4, 0.5) is 0 Å². The molecule has 0 saturated heterocycles. The van der Waals surface area contributed by atoms with Crippen molar-refractivity contribution in [2.75, 3.05) is 12.5 Å². The van der Waals surface area contributed by atoms with Gasteiger partial charge in [-0.2, -0.15) is 0 Å². The zero-order chi connectivity index (χ0) is 10.4. The van der Waals surface area contributed by atoms with Crippen LogP contribution in [-0.4, -0.2) is 16.7 Å². The van der Waals surface area contributed by atoms with Crippen molar-refractivity contribution in [1.29, 1.82) is 0 Å². The molecule has 1 aromatic carbocycles. The van der Waals surface area contributed by atoms with Gasteiger partial charge in [-0.15, -0.1) is 11.6 Å². The standard InChI is InChI=1S/C10H13ClO2S/c1-9-3-5-10(6-4-9)14(12)13-8-2-7-11/h3-6H,2,7-8H2,1H3. The fraction of sp³-hybridized carbons (Fsp3) is 0.400. The van der Waals surface area contributed by atoms with Crippen LogP contribution in [0.2, 0.25) is 0 Å². The Labute approximate surface area is 91.9 Å². The van der Waals surface area contributed by atoms with E-state index in [0.29, 0.717) is 17.4 Å². The largest absolute Gasteiger partial charge is 0.287 e. The first kappa shape index (κ1) is 11.7. The lowest BCUT2D eigenvalue weighted by Gasteiger charge is -2.02. The third-order valence-corrected chi connectivity index (χ3v) is 2.99. The highest BCUT2D eigenvalue weighted by atomic mass is 35.5. The Morgan fingerprint density at radius 1 is 1.36 bits per heavy atom. The Kier molecular flexibility index (Phi) is 5.15. The SMILES string of the molecule is Cc1ccc(S(=O)OCCCCl)cc1. The molecule has 0 spiro atoms. The van der Waals surface area contributed by atoms with E-state index in [2.05, 4.69) is 0 Å². The van der Waals surface area contributed by atoms with E-state index in [-0.39, 0.29) is 0 Å². The summed E-state index contributed by atoms with van der Waals surface area (Å²) < 4.78 is 16.6. The Hall–Kier alpha value is -0.380. The molecule has 0 amide bonds. The molecule has 1 rings (SSSR count). The van der Waals surface area contributed by atoms with E-state index >= 15 is 0 Å². The first-order valence-corrected chi connectivity index (χ1v) is 6.02. The minimum absolute atomic E-state index is 0.435. The average molecular weight is 233 g/mol. The molecule has 1 unspecified atom stereocenters. The molecule has 1 aromatic rings. The molecular formula is C10H13ClO2S. The van der Waals surface area contributed by atoms with Gasteiger partial charge in [0.05, 0.1) is 11.5 Å². The van der Waals surface area contributed by atoms with Gasteiger partial charge in [0.1, 0.15) is 0 Å². The van der Waals surface area contributed by atoms with Crippen LogP contribution in [0, 0.1) is 6.92 Å². The zero-order valence-electron chi connectivity index (χ0n) is 8.03. The van der Waals surface area contributed by atoms with Crippen LogP contribution < -0.4 is 0 Å². The molecule has 0 N–H and O–H groups in total. The summed E-state index contributed by atoms with van der Waals surface area (Å²) in [5.74, 6) is 0.533. The van der Waals surface area contributed by atoms with Crippen LogP contribution in [0.15, 0.2) is 29.2 Å². The molecule has 0 aliphatic carbocycles. The van der Waals surface area contributed by atoms with Crippen LogP contribution in [0.5, 0.6) is 0 Å². The van der Waals surface area contributed by atoms with Crippen LogP contribution in [0.3, 0.4) is 0 Å². The van der Waals surface area contributed by atoms with Crippen molar-refractivity contribution in [2.45, 2.75) is 18.2 Å². The highest BCUT2D eigenvalue weighted by Gasteiger charge is 2.02. The molecular weight excluding hydrogens is 220 g/mol. The summed E-state index contributed by atoms with van der Waals surface area (Å²) in [6.45, 7) is 2.42. The van der Waals surface area contributed by atoms with Crippen molar-refractivity contribution in [3.8, 4) is 0 Å². The lowest BCUT2D eigenvalue weighted by atomic mass is 10.2. The molecule has 2 nitrogen and oxygen atoms in total. The van der Waals surface area contributed by atoms with Crippen LogP contribution in [0.1, 0.15) is 12.0 Å². The monoisotopic (exact) mass is 232 g/mol. The van der Waals surface area contributed by atoms with Gasteiger partial charge >= 0.3 is 0 Å². The van der Waals surface area contributed by atoms with Gasteiger partial charge in [0.25, 0.3) is 0 Å². The van der Waals surface area contributed by atoms with Crippen molar-refractivity contribution >= 4 is 22.7 Å². The zero-order valence-corrected chi connectivity index (χ0v) is 9.61. The van der Waals surface area contributed by atoms with Gasteiger partial charge in [0, 0.05) is 5.88 Å². The molecule has 0 aliphatic rings. The van der Waals surface area contributed by atoms with E-state index in [1.807, 2.05) is 31.2 Å². The summed E-state index contributed by atoms with van der Waals surface area (Å²) >= 11 is 4.12. The van der Waals surface area contributed by atoms with Gasteiger partial charge in [0.2, 0.25) is 0 Å². The Morgan fingerprint density at radius 3 is 2.57 bits per heavy atom. The van der Waals surface area contributed by atoms with E-state index in [1.165, 1.54) is 0 Å². The van der Waals surface area contributed by atoms with Gasteiger partial charge in [-0.25, -0.2) is 4.21 Å². The summed E-state index contributed by atoms with van der Waals surface area (Å²) in [7, 11) is 0. The third kappa shape index (κ3) is 3.78. The average Bonchev–Trinajstić information content (AvgIpc) is 2.19. The third-order valence-electron chi connectivity index (χ3n) is 1.68. The van der Waals surface area contributed by atoms with Crippen molar-refractivity contribution < 1.29 is 8.39 Å². The van der Waals surface area contributed by atoms with Crippen molar-refractivity contribution in [2.24, 2.45) is 0 Å². The van der Waals surface area contributed by atoms with E-state index in [4.69, 9.17) is 15.8 Å². The van der Waals surface area contributed by atoms with Gasteiger partial charge in [-0.3, -0.25) is 4.18 Å². The second kappa shape index (κ2) is 6.17. The fourth-order valence-electron chi connectivity index (χ4n) is 0.907. The van der Waals surface area contributed by atoms with Crippen LogP contribution >= 0.6 is 11.6 Å². The summed E-state index contributed by atoms with van der Waals surface area (Å²) in [5, 5.41) is 0. The quantitative estimate of drug-likeness (QED) is 0.576. The van der Waals surface area contributed by atoms with Crippen molar-refractivity contribution in [1.82, 2.24) is 0 Å². The number of rotatable bonds is 5. The molecule has 0 aromatic heterocycles. The topological polar surface area (TPSA) is 26.3 Å². The predicted octanol–water partition coefficient (Wildman–Crippen LogP) is 2.66. The highest BCUT2D eigenvalue weighted by molar-refractivity contribution is 7.80. The molecule has 0 saturated carbocycles. The van der Waals surface area contributed by atoms with E-state index in [1.54, 1.807) is 0 Å². The normalized spacial score (nSPS) is 12.7. The number of aryl methyl sites for hydroxylation is 1. The molecule has 0 fully saturated rings. The molecule has 1 atom stereocenters. The minimum atomic E-state index is -1.35. The Morgan fingerprint density at radius 2 is 2.00 bits per heavy atom. The maximum Gasteiger partial charge on any atom is 0.189 e. The van der Waals surface area contributed by atoms with Crippen molar-refractivity contribution in [3.05, 3.63) is 29.8 Å². The second-order valence-electron chi connectivity index (χ2n) is 2.91. The minimum Gasteiger partial charge on any atom is -0.287 e. The first-order valence-electron chi connectivity index (χ1n) is 4.41. The number of hydrogen-bond acceptors (Lipinski definition) is 2. The van der Waals surface area contributed by atoms with Gasteiger partial charge in [0.15, 0.2) is 11.1 Å². The summed E-state index contributed by atoms with van der Waals surface area (Å²) in [6.07, 6.45) is 0.721. The smallest absolute Gasteiger partial charge is 0.189 e. The molecule has 0 radical (unpaired) electrons. The molecule has 0 heterocycles. The summed E-state index contributed by atoms with van der Waals surface area (Å²) in [4.78, 5) is 0.699. The van der Waals surface area contributed by atoms with E-state index in [0.717, 1.165) is 12.0 Å².